The predicted octanol–water partition coefficient (Wildman–Crippen LogP) is 3.76. The lowest BCUT2D eigenvalue weighted by atomic mass is 10.1. The molecule has 0 fully saturated rings. The van der Waals surface area contributed by atoms with E-state index in [0.717, 1.165) is 11.9 Å². The van der Waals surface area contributed by atoms with Crippen molar-refractivity contribution in [1.29, 1.82) is 0 Å². The Bertz CT molecular complexity index is 682. The first-order chi connectivity index (χ1) is 9.79. The summed E-state index contributed by atoms with van der Waals surface area (Å²) in [7, 11) is 0. The standard InChI is InChI=1S/C12H9F4N3OS/c1-6-5-21-11(18-6)19-17-4-7-9(13)3-2-8(10(7)20)12(14,15)16/h2-5,20H,1H3,(H,18,19). The number of alkyl halides is 3. The van der Waals surface area contributed by atoms with Gasteiger partial charge in [0.15, 0.2) is 0 Å². The highest BCUT2D eigenvalue weighted by atomic mass is 32.1. The lowest BCUT2D eigenvalue weighted by molar-refractivity contribution is -0.138. The molecule has 0 atom stereocenters. The number of hydrogen-bond donors (Lipinski definition) is 2. The van der Waals surface area contributed by atoms with E-state index in [9.17, 15) is 22.7 Å². The second kappa shape index (κ2) is 5.68. The van der Waals surface area contributed by atoms with Gasteiger partial charge in [0.25, 0.3) is 0 Å². The highest BCUT2D eigenvalue weighted by molar-refractivity contribution is 7.13. The van der Waals surface area contributed by atoms with E-state index in [4.69, 9.17) is 0 Å². The topological polar surface area (TPSA) is 57.5 Å². The first-order valence-corrected chi connectivity index (χ1v) is 6.47. The van der Waals surface area contributed by atoms with Crippen LogP contribution in [0.25, 0.3) is 0 Å². The normalized spacial score (nSPS) is 12.0. The number of hydrogen-bond acceptors (Lipinski definition) is 5. The molecule has 0 unspecified atom stereocenters. The van der Waals surface area contributed by atoms with Gasteiger partial charge in [0.1, 0.15) is 11.6 Å². The summed E-state index contributed by atoms with van der Waals surface area (Å²) in [5, 5.41) is 15.2. The molecule has 1 aromatic carbocycles. The van der Waals surface area contributed by atoms with Gasteiger partial charge in [-0.05, 0) is 19.1 Å². The Hall–Kier alpha value is -2.16. The van der Waals surface area contributed by atoms with Crippen LogP contribution in [0.1, 0.15) is 16.8 Å². The number of halogens is 4. The van der Waals surface area contributed by atoms with Gasteiger partial charge in [-0.25, -0.2) is 9.37 Å². The fraction of sp³-hybridized carbons (Fsp3) is 0.167. The van der Waals surface area contributed by atoms with Crippen molar-refractivity contribution < 1.29 is 22.7 Å². The molecule has 0 aliphatic rings. The molecule has 2 N–H and O–H groups in total. The number of nitrogens with zero attached hydrogens (tertiary/aromatic N) is 2. The number of phenolic OH excluding ortho intramolecular Hbond substituents is 1. The van der Waals surface area contributed by atoms with Gasteiger partial charge in [0, 0.05) is 5.38 Å². The van der Waals surface area contributed by atoms with Crippen LogP contribution in [0, 0.1) is 12.7 Å². The largest absolute Gasteiger partial charge is 0.507 e. The molecule has 0 radical (unpaired) electrons. The molecule has 1 aromatic heterocycles. The van der Waals surface area contributed by atoms with Crippen molar-refractivity contribution in [2.75, 3.05) is 5.43 Å². The van der Waals surface area contributed by atoms with Crippen LogP contribution in [0.15, 0.2) is 22.6 Å². The number of nitrogens with one attached hydrogen (secondary N) is 1. The quantitative estimate of drug-likeness (QED) is 0.514. The van der Waals surface area contributed by atoms with Gasteiger partial charge >= 0.3 is 6.18 Å². The summed E-state index contributed by atoms with van der Waals surface area (Å²) in [5.74, 6) is -2.22. The molecule has 0 saturated carbocycles. The third-order valence-corrected chi connectivity index (χ3v) is 3.31. The summed E-state index contributed by atoms with van der Waals surface area (Å²) in [6.07, 6.45) is -4.00. The SMILES string of the molecule is Cc1csc(NN=Cc2c(F)ccc(C(F)(F)F)c2O)n1. The van der Waals surface area contributed by atoms with E-state index in [1.54, 1.807) is 12.3 Å². The molecular formula is C12H9F4N3OS. The van der Waals surface area contributed by atoms with Crippen molar-refractivity contribution in [2.24, 2.45) is 5.10 Å². The minimum absolute atomic E-state index is 0.399. The van der Waals surface area contributed by atoms with Crippen LogP contribution < -0.4 is 5.43 Å². The molecule has 112 valence electrons. The molecular weight excluding hydrogens is 310 g/mol. The molecule has 2 aromatic rings. The minimum Gasteiger partial charge on any atom is -0.507 e. The Morgan fingerprint density at radius 3 is 2.67 bits per heavy atom. The third-order valence-electron chi connectivity index (χ3n) is 2.44. The summed E-state index contributed by atoms with van der Waals surface area (Å²) >= 11 is 1.23. The van der Waals surface area contributed by atoms with E-state index in [-0.39, 0.29) is 0 Å². The summed E-state index contributed by atoms with van der Waals surface area (Å²) in [5.41, 5.74) is 1.21. The van der Waals surface area contributed by atoms with Gasteiger partial charge in [-0.3, -0.25) is 5.43 Å². The minimum atomic E-state index is -4.78. The number of rotatable bonds is 3. The number of aryl methyl sites for hydroxylation is 1. The van der Waals surface area contributed by atoms with Gasteiger partial charge in [0.2, 0.25) is 5.13 Å². The second-order valence-electron chi connectivity index (χ2n) is 4.02. The van der Waals surface area contributed by atoms with E-state index in [1.807, 2.05) is 0 Å². The Labute approximate surface area is 120 Å². The molecule has 0 amide bonds. The zero-order chi connectivity index (χ0) is 15.6. The maximum atomic E-state index is 13.5. The van der Waals surface area contributed by atoms with Crippen LogP contribution in [-0.2, 0) is 6.18 Å². The Balaban J connectivity index is 2.27. The first kappa shape index (κ1) is 15.2. The Morgan fingerprint density at radius 1 is 1.38 bits per heavy atom. The molecule has 4 nitrogen and oxygen atoms in total. The van der Waals surface area contributed by atoms with Crippen LogP contribution in [0.3, 0.4) is 0 Å². The highest BCUT2D eigenvalue weighted by Gasteiger charge is 2.35. The summed E-state index contributed by atoms with van der Waals surface area (Å²) < 4.78 is 51.3. The molecule has 0 aliphatic heterocycles. The van der Waals surface area contributed by atoms with E-state index in [2.05, 4.69) is 15.5 Å². The fourth-order valence-corrected chi connectivity index (χ4v) is 2.13. The number of hydrazone groups is 1. The fourth-order valence-electron chi connectivity index (χ4n) is 1.49. The van der Waals surface area contributed by atoms with E-state index < -0.39 is 28.9 Å². The van der Waals surface area contributed by atoms with Gasteiger partial charge < -0.3 is 5.11 Å². The maximum absolute atomic E-state index is 13.5. The third kappa shape index (κ3) is 3.48. The van der Waals surface area contributed by atoms with Crippen molar-refractivity contribution in [3.05, 3.63) is 40.2 Å². The lowest BCUT2D eigenvalue weighted by Gasteiger charge is -2.10. The monoisotopic (exact) mass is 319 g/mol. The number of thiazole rings is 1. The van der Waals surface area contributed by atoms with Gasteiger partial charge in [0.05, 0.1) is 23.0 Å². The van der Waals surface area contributed by atoms with E-state index in [1.165, 1.54) is 11.3 Å². The van der Waals surface area contributed by atoms with Crippen molar-refractivity contribution >= 4 is 22.7 Å². The number of aromatic hydroxyl groups is 1. The van der Waals surface area contributed by atoms with Crippen molar-refractivity contribution in [2.45, 2.75) is 13.1 Å². The van der Waals surface area contributed by atoms with Gasteiger partial charge in [-0.1, -0.05) is 0 Å². The van der Waals surface area contributed by atoms with Crippen LogP contribution in [-0.4, -0.2) is 16.3 Å². The molecule has 9 heteroatoms. The zero-order valence-corrected chi connectivity index (χ0v) is 11.4. The van der Waals surface area contributed by atoms with Crippen LogP contribution in [0.4, 0.5) is 22.7 Å². The average molecular weight is 319 g/mol. The van der Waals surface area contributed by atoms with Crippen LogP contribution in [0.2, 0.25) is 0 Å². The highest BCUT2D eigenvalue weighted by Crippen LogP contribution is 2.37. The molecule has 0 aliphatic carbocycles. The summed E-state index contributed by atoms with van der Waals surface area (Å²) in [4.78, 5) is 4.00. The smallest absolute Gasteiger partial charge is 0.419 e. The van der Waals surface area contributed by atoms with Crippen molar-refractivity contribution in [3.8, 4) is 5.75 Å². The van der Waals surface area contributed by atoms with Gasteiger partial charge in [-0.15, -0.1) is 11.3 Å². The molecule has 21 heavy (non-hydrogen) atoms. The number of phenols is 1. The average Bonchev–Trinajstić information content (AvgIpc) is 2.77. The molecule has 2 rings (SSSR count). The zero-order valence-electron chi connectivity index (χ0n) is 10.6. The lowest BCUT2D eigenvalue weighted by Crippen LogP contribution is -2.07. The first-order valence-electron chi connectivity index (χ1n) is 5.59. The van der Waals surface area contributed by atoms with Crippen molar-refractivity contribution in [1.82, 2.24) is 4.98 Å². The number of anilines is 1. The Kier molecular flexibility index (Phi) is 4.12. The predicted molar refractivity (Wildman–Crippen MR) is 71.1 cm³/mol. The van der Waals surface area contributed by atoms with E-state index >= 15 is 0 Å². The van der Waals surface area contributed by atoms with Crippen LogP contribution >= 0.6 is 11.3 Å². The van der Waals surface area contributed by atoms with Gasteiger partial charge in [-0.2, -0.15) is 18.3 Å². The number of benzene rings is 1. The molecule has 0 saturated heterocycles. The summed E-state index contributed by atoms with van der Waals surface area (Å²) in [6.45, 7) is 1.75. The van der Waals surface area contributed by atoms with Crippen molar-refractivity contribution in [3.63, 3.8) is 0 Å². The summed E-state index contributed by atoms with van der Waals surface area (Å²) in [6, 6.07) is 1.09. The van der Waals surface area contributed by atoms with E-state index in [0.29, 0.717) is 17.3 Å². The second-order valence-corrected chi connectivity index (χ2v) is 4.88. The number of aromatic nitrogens is 1. The molecule has 1 heterocycles. The molecule has 0 bridgehead atoms. The molecule has 0 spiro atoms. The van der Waals surface area contributed by atoms with Crippen LogP contribution in [0.5, 0.6) is 5.75 Å². The maximum Gasteiger partial charge on any atom is 0.419 e. The Morgan fingerprint density at radius 2 is 2.10 bits per heavy atom.